The van der Waals surface area contributed by atoms with Crippen molar-refractivity contribution in [1.82, 2.24) is 0 Å². The molecule has 0 atom stereocenters. The molecule has 0 unspecified atom stereocenters. The number of aryl methyl sites for hydroxylation is 2. The van der Waals surface area contributed by atoms with Gasteiger partial charge in [-0.3, -0.25) is 0 Å². The first-order valence-electron chi connectivity index (χ1n) is 26.1. The van der Waals surface area contributed by atoms with Gasteiger partial charge in [-0.15, -0.1) is 0 Å². The summed E-state index contributed by atoms with van der Waals surface area (Å²) in [5.74, 6) is 0. The van der Waals surface area contributed by atoms with Gasteiger partial charge >= 0.3 is 0 Å². The Hall–Kier alpha value is -9.36. The van der Waals surface area contributed by atoms with Gasteiger partial charge in [0.05, 0.1) is 0 Å². The van der Waals surface area contributed by atoms with Crippen molar-refractivity contribution in [2.24, 2.45) is 0 Å². The Kier molecular flexibility index (Phi) is 7.96. The molecule has 0 aliphatic heterocycles. The fraction of sp³-hybridized carbons (Fsp3) is 0.0270. The average Bonchev–Trinajstić information content (AvgIpc) is 4.02. The maximum absolute atomic E-state index is 2.47. The zero-order valence-electron chi connectivity index (χ0n) is 40.9. The Bertz CT molecular complexity index is 4690. The van der Waals surface area contributed by atoms with E-state index in [0.29, 0.717) is 0 Å². The van der Waals surface area contributed by atoms with Gasteiger partial charge in [-0.25, -0.2) is 0 Å². The summed E-state index contributed by atoms with van der Waals surface area (Å²) >= 11 is 0. The van der Waals surface area contributed by atoms with Crippen molar-refractivity contribution in [2.75, 3.05) is 0 Å². The Labute approximate surface area is 428 Å². The van der Waals surface area contributed by atoms with Crippen LogP contribution >= 0.6 is 0 Å². The van der Waals surface area contributed by atoms with Gasteiger partial charge in [-0.05, 0) is 212 Å². The van der Waals surface area contributed by atoms with Crippen LogP contribution in [0, 0.1) is 13.8 Å². The fourth-order valence-corrected chi connectivity index (χ4v) is 14.2. The number of hydrogen-bond donors (Lipinski definition) is 0. The van der Waals surface area contributed by atoms with Crippen LogP contribution in [-0.4, -0.2) is 0 Å². The fourth-order valence-electron chi connectivity index (χ4n) is 14.2. The van der Waals surface area contributed by atoms with Gasteiger partial charge in [-0.2, -0.15) is 0 Å². The van der Waals surface area contributed by atoms with Crippen LogP contribution in [0.15, 0.2) is 231 Å². The minimum Gasteiger partial charge on any atom is -0.0620 e. The molecule has 0 saturated carbocycles. The molecule has 0 nitrogen and oxygen atoms in total. The van der Waals surface area contributed by atoms with Crippen molar-refractivity contribution in [3.8, 4) is 89.0 Å². The van der Waals surface area contributed by atoms with E-state index in [1.165, 1.54) is 186 Å². The van der Waals surface area contributed by atoms with Gasteiger partial charge < -0.3 is 0 Å². The lowest BCUT2D eigenvalue weighted by molar-refractivity contribution is 1.47. The minimum atomic E-state index is 1.25. The van der Waals surface area contributed by atoms with Crippen molar-refractivity contribution in [3.63, 3.8) is 0 Å². The molecule has 2 aliphatic rings. The molecule has 0 radical (unpaired) electrons. The lowest BCUT2D eigenvalue weighted by atomic mass is 9.81. The van der Waals surface area contributed by atoms with Crippen molar-refractivity contribution in [1.29, 1.82) is 0 Å². The first kappa shape index (κ1) is 40.3. The summed E-state index contributed by atoms with van der Waals surface area (Å²) in [5.41, 5.74) is 23.5. The molecule has 0 heterocycles. The van der Waals surface area contributed by atoms with Gasteiger partial charge in [0, 0.05) is 0 Å². The molecular formula is C74H44. The Balaban J connectivity index is 0.998. The summed E-state index contributed by atoms with van der Waals surface area (Å²) in [4.78, 5) is 0. The third-order valence-corrected chi connectivity index (χ3v) is 17.3. The van der Waals surface area contributed by atoms with Gasteiger partial charge in [0.25, 0.3) is 0 Å². The highest BCUT2D eigenvalue weighted by Gasteiger charge is 2.35. The van der Waals surface area contributed by atoms with Crippen molar-refractivity contribution in [3.05, 3.63) is 242 Å². The summed E-state index contributed by atoms with van der Waals surface area (Å²) < 4.78 is 0. The molecule has 2 aliphatic carbocycles. The average molecular weight is 933 g/mol. The predicted molar refractivity (Wildman–Crippen MR) is 318 cm³/mol. The molecule has 15 aromatic rings. The molecule has 0 bridgehead atoms. The standard InChI is InChI=1S/C74H44/c1-41-15-3-9-21-49(41)65-53-25-13-11-23-51(53)63(47-29-27-43-17-5-7-19-45(43)39-47)71-59-35-31-55-56-32-36-60-70-62(38-34-58(68(56)70)57-33-37-61(73(65)71)69(59)67(55)57)74-66(50-22-10-4-16-42(50)2)54-26-14-12-24-52(54)64(72(60)74)48-30-28-44-18-6-8-20-46(44)40-48/h3-40H,1-2H3. The van der Waals surface area contributed by atoms with Crippen LogP contribution in [0.4, 0.5) is 0 Å². The molecule has 340 valence electrons. The second-order valence-corrected chi connectivity index (χ2v) is 21.0. The number of benzene rings is 15. The first-order chi connectivity index (χ1) is 36.6. The highest BCUT2D eigenvalue weighted by molar-refractivity contribution is 6.42. The van der Waals surface area contributed by atoms with Crippen LogP contribution in [0.3, 0.4) is 0 Å². The highest BCUT2D eigenvalue weighted by Crippen LogP contribution is 2.63. The summed E-state index contributed by atoms with van der Waals surface area (Å²) in [6.07, 6.45) is 0. The van der Waals surface area contributed by atoms with Crippen LogP contribution in [-0.2, 0) is 0 Å². The zero-order valence-corrected chi connectivity index (χ0v) is 40.9. The smallest absolute Gasteiger partial charge is 0.000730 e. The lowest BCUT2D eigenvalue weighted by Crippen LogP contribution is -1.95. The van der Waals surface area contributed by atoms with E-state index < -0.39 is 0 Å². The summed E-state index contributed by atoms with van der Waals surface area (Å²) in [6, 6.07) is 87.8. The SMILES string of the molecule is Cc1ccccc1-c1c2c(c(-c3ccc4ccccc4c3)c3ccccc13)-c1ccc3c4ccc5c6c(ccc(c7ccc-2c1c37)c64)-c1c-5c(-c2ccc3ccccc3c2)c2ccccc2c1-c1ccccc1C. The van der Waals surface area contributed by atoms with Crippen LogP contribution in [0.25, 0.3) is 175 Å². The van der Waals surface area contributed by atoms with E-state index >= 15 is 0 Å². The molecule has 0 saturated heterocycles. The number of fused-ring (bicyclic) bond motifs is 12. The van der Waals surface area contributed by atoms with E-state index in [1.54, 1.807) is 0 Å². The van der Waals surface area contributed by atoms with Crippen LogP contribution < -0.4 is 0 Å². The molecule has 15 aromatic carbocycles. The van der Waals surface area contributed by atoms with E-state index in [9.17, 15) is 0 Å². The van der Waals surface area contributed by atoms with Gasteiger partial charge in [0.15, 0.2) is 0 Å². The van der Waals surface area contributed by atoms with Gasteiger partial charge in [0.2, 0.25) is 0 Å². The molecule has 17 rings (SSSR count). The van der Waals surface area contributed by atoms with E-state index in [1.807, 2.05) is 0 Å². The molecule has 0 amide bonds. The van der Waals surface area contributed by atoms with Crippen LogP contribution in [0.1, 0.15) is 11.1 Å². The molecule has 0 heteroatoms. The highest BCUT2D eigenvalue weighted by atomic mass is 14.4. The molecule has 0 N–H and O–H groups in total. The zero-order chi connectivity index (χ0) is 48.5. The minimum absolute atomic E-state index is 1.25. The van der Waals surface area contributed by atoms with Crippen molar-refractivity contribution in [2.45, 2.75) is 13.8 Å². The van der Waals surface area contributed by atoms with E-state index in [-0.39, 0.29) is 0 Å². The summed E-state index contributed by atoms with van der Waals surface area (Å²) in [6.45, 7) is 4.54. The topological polar surface area (TPSA) is 0 Å². The van der Waals surface area contributed by atoms with E-state index in [2.05, 4.69) is 244 Å². The number of hydrogen-bond acceptors (Lipinski definition) is 0. The molecule has 0 fully saturated rings. The van der Waals surface area contributed by atoms with Crippen molar-refractivity contribution >= 4 is 86.2 Å². The monoisotopic (exact) mass is 932 g/mol. The Morgan fingerprint density at radius 3 is 0.878 bits per heavy atom. The summed E-state index contributed by atoms with van der Waals surface area (Å²) in [7, 11) is 0. The van der Waals surface area contributed by atoms with Crippen molar-refractivity contribution < 1.29 is 0 Å². The predicted octanol–water partition coefficient (Wildman–Crippen LogP) is 20.9. The maximum Gasteiger partial charge on any atom is -0.000730 e. The van der Waals surface area contributed by atoms with Crippen LogP contribution in [0.2, 0.25) is 0 Å². The second-order valence-electron chi connectivity index (χ2n) is 21.0. The normalized spacial score (nSPS) is 12.5. The lowest BCUT2D eigenvalue weighted by Gasteiger charge is -2.21. The van der Waals surface area contributed by atoms with Gasteiger partial charge in [0.1, 0.15) is 0 Å². The third-order valence-electron chi connectivity index (χ3n) is 17.3. The maximum atomic E-state index is 2.47. The van der Waals surface area contributed by atoms with Crippen LogP contribution in [0.5, 0.6) is 0 Å². The Morgan fingerprint density at radius 1 is 0.189 bits per heavy atom. The quantitative estimate of drug-likeness (QED) is 0.122. The molecule has 0 aromatic heterocycles. The second kappa shape index (κ2) is 14.6. The molecular weight excluding hydrogens is 889 g/mol. The van der Waals surface area contributed by atoms with Gasteiger partial charge in [-0.1, -0.05) is 218 Å². The Morgan fingerprint density at radius 2 is 0.500 bits per heavy atom. The molecule has 0 spiro atoms. The number of rotatable bonds is 4. The largest absolute Gasteiger partial charge is 0.0620 e. The first-order valence-corrected chi connectivity index (χ1v) is 26.1. The molecule has 74 heavy (non-hydrogen) atoms. The third kappa shape index (κ3) is 5.17. The summed E-state index contributed by atoms with van der Waals surface area (Å²) in [5, 5.41) is 20.8. The van der Waals surface area contributed by atoms with E-state index in [4.69, 9.17) is 0 Å². The van der Waals surface area contributed by atoms with E-state index in [0.717, 1.165) is 0 Å².